The summed E-state index contributed by atoms with van der Waals surface area (Å²) in [5.74, 6) is -4.77. The highest BCUT2D eigenvalue weighted by Crippen LogP contribution is 2.40. The predicted molar refractivity (Wildman–Crippen MR) is 163 cm³/mol. The Labute approximate surface area is 344 Å². The van der Waals surface area contributed by atoms with Gasteiger partial charge in [-0.1, -0.05) is 0 Å². The van der Waals surface area contributed by atoms with Gasteiger partial charge in [0.25, 0.3) is 0 Å². The molecule has 4 aromatic heterocycles. The van der Waals surface area contributed by atoms with Crippen LogP contribution in [0.4, 0.5) is 79.0 Å². The molecule has 0 N–H and O–H groups in total. The summed E-state index contributed by atoms with van der Waals surface area (Å²) < 4.78 is 245. The lowest BCUT2D eigenvalue weighted by molar-refractivity contribution is -0.167. The predicted octanol–water partition coefficient (Wildman–Crippen LogP) is 3.39. The zero-order valence-corrected chi connectivity index (χ0v) is 30.0. The molecule has 0 aliphatic carbocycles. The maximum Gasteiger partial charge on any atom is 0.435 e. The topological polar surface area (TPSA) is 249 Å². The number of allylic oxidation sites excluding steroid dienone is 3. The van der Waals surface area contributed by atoms with Crippen LogP contribution in [0.1, 0.15) is 51.4 Å². The lowest BCUT2D eigenvalue weighted by atomic mass is 10.1. The number of nitriles is 3. The van der Waals surface area contributed by atoms with Crippen LogP contribution in [0.25, 0.3) is 16.7 Å². The van der Waals surface area contributed by atoms with Gasteiger partial charge in [-0.2, -0.15) is 94.8 Å². The van der Waals surface area contributed by atoms with Crippen LogP contribution in [0.5, 0.6) is 0 Å². The van der Waals surface area contributed by atoms with Gasteiger partial charge >= 0.3 is 37.1 Å². The van der Waals surface area contributed by atoms with Crippen molar-refractivity contribution in [1.29, 1.82) is 15.8 Å². The van der Waals surface area contributed by atoms with Crippen LogP contribution in [0.2, 0.25) is 0 Å². The molecule has 7 rings (SSSR count). The van der Waals surface area contributed by atoms with Crippen molar-refractivity contribution in [3.05, 3.63) is 108 Å². The lowest BCUT2D eigenvalue weighted by Crippen LogP contribution is -2.36. The lowest BCUT2D eigenvalue weighted by Gasteiger charge is -2.11. The second-order valence-corrected chi connectivity index (χ2v) is 12.3. The number of hydrogen-bond donors (Lipinski definition) is 0. The first kappa shape index (κ1) is 45.6. The third-order valence-corrected chi connectivity index (χ3v) is 7.93. The van der Waals surface area contributed by atoms with Crippen LogP contribution in [0.3, 0.4) is 0 Å². The molecule has 0 radical (unpaired) electrons. The van der Waals surface area contributed by atoms with Crippen molar-refractivity contribution in [3.8, 4) is 18.2 Å². The summed E-state index contributed by atoms with van der Waals surface area (Å²) in [6, 6.07) is 4.48. The van der Waals surface area contributed by atoms with Gasteiger partial charge in [-0.05, 0) is 6.07 Å². The van der Waals surface area contributed by atoms with E-state index in [2.05, 4.69) is 69.8 Å². The van der Waals surface area contributed by atoms with E-state index in [9.17, 15) is 94.8 Å². The summed E-state index contributed by atoms with van der Waals surface area (Å²) in [4.78, 5) is 45.1. The van der Waals surface area contributed by atoms with Gasteiger partial charge in [-0.25, -0.2) is 69.8 Å². The van der Waals surface area contributed by atoms with Crippen molar-refractivity contribution >= 4 is 16.7 Å². The molecular weight excluding hydrogens is 952 g/mol. The summed E-state index contributed by atoms with van der Waals surface area (Å²) in [6.45, 7) is 0. The second-order valence-electron chi connectivity index (χ2n) is 12.3. The molecule has 17 nitrogen and oxygen atoms in total. The van der Waals surface area contributed by atoms with Crippen molar-refractivity contribution in [2.75, 3.05) is 0 Å². The Morgan fingerprint density at radius 1 is 0.318 bits per heavy atom. The number of aromatic nitrogens is 8. The number of rotatable bonds is 3. The number of hydrogen-bond acceptors (Lipinski definition) is 17. The zero-order chi connectivity index (χ0) is 48.9. The third-order valence-electron chi connectivity index (χ3n) is 7.93. The Morgan fingerprint density at radius 3 is 0.697 bits per heavy atom. The van der Waals surface area contributed by atoms with E-state index in [0.29, 0.717) is 6.07 Å². The molecule has 7 heterocycles. The molecule has 35 heteroatoms. The maximum absolute atomic E-state index is 13.6. The Bertz CT molecular complexity index is 2940. The summed E-state index contributed by atoms with van der Waals surface area (Å²) in [7, 11) is 0. The van der Waals surface area contributed by atoms with Gasteiger partial charge in [-0.3, -0.25) is 0 Å². The van der Waals surface area contributed by atoms with E-state index in [0.717, 1.165) is 0 Å². The first-order valence-electron chi connectivity index (χ1n) is 16.2. The minimum Gasteiger partial charge on any atom is -0.226 e. The Kier molecular flexibility index (Phi) is 10.2. The standard InChI is InChI=1S/C31HF18N17/c32-26(33,34)10-11(27(35,36)37)56-21-20(55-10)61-16(62-21)5(2-50)8-1-9(6(3-51)17-63-22-23(64-17)58-13(29(41,42)43)12(57-22)28(38,39)40)54-18(53-8)7(4-52)19-65-24-25(66-19)60-15(31(47,48)49)14(59-24)30(44,45)46/h1H. The molecule has 66 heavy (non-hydrogen) atoms. The summed E-state index contributed by atoms with van der Waals surface area (Å²) in [6.07, 6.45) is -34.9. The fraction of sp³-hybridized carbons (Fsp3) is 0.194. The van der Waals surface area contributed by atoms with Crippen LogP contribution >= 0.6 is 0 Å². The fourth-order valence-corrected chi connectivity index (χ4v) is 5.36. The minimum atomic E-state index is -5.82. The van der Waals surface area contributed by atoms with Crippen molar-refractivity contribution in [1.82, 2.24) is 39.9 Å². The van der Waals surface area contributed by atoms with E-state index < -0.39 is 156 Å². The number of nitrogens with zero attached hydrogens (tertiary/aromatic N) is 17. The monoisotopic (exact) mass is 953 g/mol. The van der Waals surface area contributed by atoms with E-state index in [-0.39, 0.29) is 0 Å². The van der Waals surface area contributed by atoms with Crippen LogP contribution in [-0.4, -0.2) is 39.9 Å². The smallest absolute Gasteiger partial charge is 0.226 e. The summed E-state index contributed by atoms with van der Waals surface area (Å²) in [5.41, 5.74) is -29.1. The van der Waals surface area contributed by atoms with Gasteiger partial charge in [0.1, 0.15) is 34.9 Å². The van der Waals surface area contributed by atoms with E-state index in [1.165, 1.54) is 18.2 Å². The van der Waals surface area contributed by atoms with Crippen molar-refractivity contribution in [2.45, 2.75) is 37.1 Å². The first-order chi connectivity index (χ1) is 30.3. The molecule has 0 unspecified atom stereocenters. The molecule has 0 saturated carbocycles. The fourth-order valence-electron chi connectivity index (χ4n) is 5.36. The average molecular weight is 953 g/mol. The van der Waals surface area contributed by atoms with Gasteiger partial charge < -0.3 is 0 Å². The quantitative estimate of drug-likeness (QED) is 0.213. The SMILES string of the molecule is N#CC(=C1N=c2nc(C(F)(F)F)c(C(F)(F)F)nc2=N1)c1cc(C(C#N)=C2N=c3nc(C(F)(F)F)c(C(F)(F)F)nc3=N2)nc(C(C#N)=C2N=c3nc(C(F)(F)F)c(C(F)(F)F)nc3=N2)n1. The van der Waals surface area contributed by atoms with Gasteiger partial charge in [0.05, 0.1) is 11.4 Å². The van der Waals surface area contributed by atoms with E-state index in [1.54, 1.807) is 0 Å². The molecule has 3 aliphatic rings. The molecule has 0 bridgehead atoms. The number of alkyl halides is 18. The van der Waals surface area contributed by atoms with E-state index >= 15 is 0 Å². The second kappa shape index (κ2) is 14.8. The average Bonchev–Trinajstić information content (AvgIpc) is 3.91. The summed E-state index contributed by atoms with van der Waals surface area (Å²) >= 11 is 0. The Morgan fingerprint density at radius 2 is 0.515 bits per heavy atom. The minimum absolute atomic E-state index is 0.473. The van der Waals surface area contributed by atoms with Crippen LogP contribution < -0.4 is 32.9 Å². The van der Waals surface area contributed by atoms with Crippen molar-refractivity contribution in [3.63, 3.8) is 0 Å². The normalized spacial score (nSPS) is 14.5. The molecule has 3 aliphatic heterocycles. The Hall–Kier alpha value is -8.45. The van der Waals surface area contributed by atoms with E-state index in [4.69, 9.17) is 0 Å². The van der Waals surface area contributed by atoms with Crippen LogP contribution in [-0.2, 0) is 37.1 Å². The highest BCUT2D eigenvalue weighted by molar-refractivity contribution is 5.84. The highest BCUT2D eigenvalue weighted by Gasteiger charge is 2.49. The molecule has 0 spiro atoms. The van der Waals surface area contributed by atoms with Gasteiger partial charge in [-0.15, -0.1) is 0 Å². The zero-order valence-electron chi connectivity index (χ0n) is 30.0. The Balaban J connectivity index is 1.53. The number of fused-ring (bicyclic) bond motifs is 3. The van der Waals surface area contributed by atoms with Gasteiger partial charge in [0.15, 0.2) is 57.5 Å². The molecule has 0 amide bonds. The number of halogens is 18. The van der Waals surface area contributed by atoms with E-state index in [1.807, 2.05) is 0 Å². The molecule has 4 aromatic rings. The van der Waals surface area contributed by atoms with Crippen molar-refractivity contribution in [2.24, 2.45) is 30.0 Å². The third kappa shape index (κ3) is 8.25. The molecule has 0 atom stereocenters. The molecule has 0 fully saturated rings. The van der Waals surface area contributed by atoms with Gasteiger partial charge in [0.2, 0.25) is 32.9 Å². The highest BCUT2D eigenvalue weighted by atomic mass is 19.4. The molecular formula is C31HF18N17. The largest absolute Gasteiger partial charge is 0.435 e. The maximum atomic E-state index is 13.6. The molecule has 0 aromatic carbocycles. The van der Waals surface area contributed by atoms with Crippen LogP contribution in [0, 0.1) is 34.0 Å². The van der Waals surface area contributed by atoms with Crippen molar-refractivity contribution < 1.29 is 79.0 Å². The molecule has 336 valence electrons. The molecule has 0 saturated heterocycles. The van der Waals surface area contributed by atoms with Gasteiger partial charge in [0, 0.05) is 0 Å². The summed E-state index contributed by atoms with van der Waals surface area (Å²) in [5, 5.41) is 30.5. The first-order valence-corrected chi connectivity index (χ1v) is 16.2. The van der Waals surface area contributed by atoms with Crippen LogP contribution in [0.15, 0.2) is 53.5 Å².